The van der Waals surface area contributed by atoms with Crippen LogP contribution in [0, 0.1) is 12.8 Å². The van der Waals surface area contributed by atoms with Gasteiger partial charge >= 0.3 is 0 Å². The predicted octanol–water partition coefficient (Wildman–Crippen LogP) is 2.76. The van der Waals surface area contributed by atoms with Gasteiger partial charge in [-0.15, -0.1) is 11.3 Å². The van der Waals surface area contributed by atoms with Crippen molar-refractivity contribution in [3.63, 3.8) is 0 Å². The molecule has 0 saturated carbocycles. The summed E-state index contributed by atoms with van der Waals surface area (Å²) in [4.78, 5) is 33.0. The number of methoxy groups -OCH3 is 1. The number of aromatic nitrogens is 3. The van der Waals surface area contributed by atoms with Crippen molar-refractivity contribution < 1.29 is 17.9 Å². The van der Waals surface area contributed by atoms with Crippen molar-refractivity contribution in [2.24, 2.45) is 11.7 Å². The minimum atomic E-state index is -3.85. The van der Waals surface area contributed by atoms with E-state index in [1.807, 2.05) is 0 Å². The first-order valence-corrected chi connectivity index (χ1v) is 12.9. The Bertz CT molecular complexity index is 1590. The van der Waals surface area contributed by atoms with Crippen LogP contribution in [0.5, 0.6) is 5.88 Å². The molecule has 4 aromatic rings. The van der Waals surface area contributed by atoms with Crippen molar-refractivity contribution >= 4 is 43.9 Å². The van der Waals surface area contributed by atoms with E-state index in [0.29, 0.717) is 27.6 Å². The maximum absolute atomic E-state index is 13.0. The van der Waals surface area contributed by atoms with Gasteiger partial charge in [-0.05, 0) is 47.7 Å². The van der Waals surface area contributed by atoms with Gasteiger partial charge in [-0.25, -0.2) is 18.4 Å². The molecule has 0 unspecified atom stereocenters. The number of nitrogens with zero attached hydrogens (tertiary/aromatic N) is 3. The molecule has 182 valence electrons. The molecule has 10 nitrogen and oxygen atoms in total. The summed E-state index contributed by atoms with van der Waals surface area (Å²) in [5.41, 5.74) is 7.48. The van der Waals surface area contributed by atoms with Gasteiger partial charge in [0.2, 0.25) is 11.8 Å². The van der Waals surface area contributed by atoms with Crippen LogP contribution in [-0.2, 0) is 21.4 Å². The van der Waals surface area contributed by atoms with Crippen molar-refractivity contribution in [1.29, 1.82) is 0 Å². The first-order valence-electron chi connectivity index (χ1n) is 10.5. The molecule has 0 aliphatic carbocycles. The molecule has 4 rings (SSSR count). The van der Waals surface area contributed by atoms with Crippen molar-refractivity contribution in [2.75, 3.05) is 11.8 Å². The lowest BCUT2D eigenvalue weighted by molar-refractivity contribution is -0.121. The number of carbonyl (C=O) groups excluding carboxylic acids is 1. The maximum Gasteiger partial charge on any atom is 0.271 e. The Morgan fingerprint density at radius 1 is 1.23 bits per heavy atom. The zero-order chi connectivity index (χ0) is 25.3. The van der Waals surface area contributed by atoms with Gasteiger partial charge in [-0.2, -0.15) is 0 Å². The molecule has 3 N–H and O–H groups in total. The lowest BCUT2D eigenvalue weighted by Gasteiger charge is -2.13. The second-order valence-electron chi connectivity index (χ2n) is 8.01. The van der Waals surface area contributed by atoms with Gasteiger partial charge in [0, 0.05) is 18.3 Å². The summed E-state index contributed by atoms with van der Waals surface area (Å²) in [6.07, 6.45) is 2.91. The monoisotopic (exact) mass is 513 g/mol. The van der Waals surface area contributed by atoms with Gasteiger partial charge < -0.3 is 10.5 Å². The average molecular weight is 514 g/mol. The number of fused-ring (bicyclic) bond motifs is 1. The molecule has 0 spiro atoms. The fraction of sp³-hybridized carbons (Fsp3) is 0.217. The first kappa shape index (κ1) is 24.4. The fourth-order valence-electron chi connectivity index (χ4n) is 3.52. The topological polar surface area (TPSA) is 146 Å². The smallest absolute Gasteiger partial charge is 0.271 e. The number of aryl methyl sites for hydroxylation is 1. The molecular weight excluding hydrogens is 490 g/mol. The average Bonchev–Trinajstić information content (AvgIpc) is 3.27. The Labute approximate surface area is 205 Å². The molecule has 12 heteroatoms. The zero-order valence-electron chi connectivity index (χ0n) is 19.2. The summed E-state index contributed by atoms with van der Waals surface area (Å²) in [6, 6.07) is 8.43. The molecule has 1 amide bonds. The molecule has 0 saturated heterocycles. The lowest BCUT2D eigenvalue weighted by atomic mass is 10.0. The van der Waals surface area contributed by atoms with E-state index < -0.39 is 21.8 Å². The lowest BCUT2D eigenvalue weighted by Crippen LogP contribution is -2.30. The minimum Gasteiger partial charge on any atom is -0.480 e. The van der Waals surface area contributed by atoms with Gasteiger partial charge in [0.05, 0.1) is 30.3 Å². The third-order valence-corrected chi connectivity index (χ3v) is 8.52. The standard InChI is InChI=1S/C23H23N5O5S2/c1-13-6-7-34-23(13)35(31,32)27-19-9-16(10-25-21(19)33-3)15-4-5-18-17(8-15)22(30)28(12-26-18)11-14(2)20(24)29/h4-10,12,14,27H,11H2,1-3H3,(H2,24,29)/t14-/m1/s1. The summed E-state index contributed by atoms with van der Waals surface area (Å²) in [6.45, 7) is 3.47. The molecule has 0 radical (unpaired) electrons. The zero-order valence-corrected chi connectivity index (χ0v) is 20.8. The van der Waals surface area contributed by atoms with Gasteiger partial charge in [-0.3, -0.25) is 18.9 Å². The number of amides is 1. The summed E-state index contributed by atoms with van der Waals surface area (Å²) < 4.78 is 35.2. The van der Waals surface area contributed by atoms with E-state index in [1.165, 1.54) is 24.2 Å². The highest BCUT2D eigenvalue weighted by atomic mass is 32.2. The Balaban J connectivity index is 1.75. The highest BCUT2D eigenvalue weighted by Crippen LogP contribution is 2.32. The van der Waals surface area contributed by atoms with E-state index in [0.717, 1.165) is 11.3 Å². The van der Waals surface area contributed by atoms with E-state index in [2.05, 4.69) is 14.7 Å². The number of nitrogens with two attached hydrogens (primary N) is 1. The molecule has 0 aliphatic rings. The number of rotatable bonds is 8. The van der Waals surface area contributed by atoms with Gasteiger partial charge in [0.1, 0.15) is 9.90 Å². The Kier molecular flexibility index (Phi) is 6.59. The Morgan fingerprint density at radius 2 is 2.00 bits per heavy atom. The Hall–Kier alpha value is -3.77. The summed E-state index contributed by atoms with van der Waals surface area (Å²) >= 11 is 1.12. The number of pyridine rings is 1. The van der Waals surface area contributed by atoms with Crippen LogP contribution in [0.15, 0.2) is 57.2 Å². The highest BCUT2D eigenvalue weighted by Gasteiger charge is 2.21. The number of nitrogens with one attached hydrogen (secondary N) is 1. The fourth-order valence-corrected chi connectivity index (χ4v) is 5.99. The summed E-state index contributed by atoms with van der Waals surface area (Å²) in [7, 11) is -2.45. The molecule has 0 bridgehead atoms. The van der Waals surface area contributed by atoms with E-state index in [-0.39, 0.29) is 27.9 Å². The second kappa shape index (κ2) is 9.47. The highest BCUT2D eigenvalue weighted by molar-refractivity contribution is 7.94. The summed E-state index contributed by atoms with van der Waals surface area (Å²) in [5, 5.41) is 2.05. The van der Waals surface area contributed by atoms with Crippen molar-refractivity contribution in [3.8, 4) is 17.0 Å². The largest absolute Gasteiger partial charge is 0.480 e. The van der Waals surface area contributed by atoms with E-state index in [9.17, 15) is 18.0 Å². The molecule has 1 atom stereocenters. The molecular formula is C23H23N5O5S2. The molecule has 35 heavy (non-hydrogen) atoms. The third-order valence-electron chi connectivity index (χ3n) is 5.46. The number of hydrogen-bond acceptors (Lipinski definition) is 8. The molecule has 3 aromatic heterocycles. The van der Waals surface area contributed by atoms with Crippen LogP contribution >= 0.6 is 11.3 Å². The van der Waals surface area contributed by atoms with Crippen molar-refractivity contribution in [1.82, 2.24) is 14.5 Å². The van der Waals surface area contributed by atoms with Crippen LogP contribution < -0.4 is 20.8 Å². The van der Waals surface area contributed by atoms with Crippen LogP contribution in [-0.4, -0.2) is 36.0 Å². The number of sulfonamides is 1. The number of thiophene rings is 1. The Morgan fingerprint density at radius 3 is 2.66 bits per heavy atom. The number of primary amides is 1. The molecule has 0 aliphatic heterocycles. The number of benzene rings is 1. The SMILES string of the molecule is COc1ncc(-c2ccc3ncn(C[C@@H](C)C(N)=O)c(=O)c3c2)cc1NS(=O)(=O)c1sccc1C. The van der Waals surface area contributed by atoms with Crippen LogP contribution in [0.1, 0.15) is 12.5 Å². The van der Waals surface area contributed by atoms with Crippen molar-refractivity contribution in [3.05, 3.63) is 64.2 Å². The van der Waals surface area contributed by atoms with E-state index in [1.54, 1.807) is 49.6 Å². The molecule has 0 fully saturated rings. The van der Waals surface area contributed by atoms with Crippen LogP contribution in [0.25, 0.3) is 22.0 Å². The number of carbonyl (C=O) groups is 1. The van der Waals surface area contributed by atoms with E-state index >= 15 is 0 Å². The van der Waals surface area contributed by atoms with Crippen LogP contribution in [0.3, 0.4) is 0 Å². The first-order chi connectivity index (χ1) is 16.6. The number of ether oxygens (including phenoxy) is 1. The predicted molar refractivity (Wildman–Crippen MR) is 134 cm³/mol. The number of hydrogen-bond donors (Lipinski definition) is 2. The normalized spacial score (nSPS) is 12.4. The summed E-state index contributed by atoms with van der Waals surface area (Å²) in [5.74, 6) is -0.942. The second-order valence-corrected chi connectivity index (χ2v) is 10.8. The van der Waals surface area contributed by atoms with E-state index in [4.69, 9.17) is 10.5 Å². The van der Waals surface area contributed by atoms with Crippen molar-refractivity contribution in [2.45, 2.75) is 24.6 Å². The minimum absolute atomic E-state index is 0.108. The quantitative estimate of drug-likeness (QED) is 0.368. The van der Waals surface area contributed by atoms with Gasteiger partial charge in [0.15, 0.2) is 0 Å². The maximum atomic E-state index is 13.0. The van der Waals surface area contributed by atoms with Crippen LogP contribution in [0.4, 0.5) is 5.69 Å². The third kappa shape index (κ3) is 4.88. The number of anilines is 1. The molecule has 1 aromatic carbocycles. The van der Waals surface area contributed by atoms with Crippen LogP contribution in [0.2, 0.25) is 0 Å². The van der Waals surface area contributed by atoms with Gasteiger partial charge in [-0.1, -0.05) is 13.0 Å². The van der Waals surface area contributed by atoms with Gasteiger partial charge in [0.25, 0.3) is 15.6 Å². The molecule has 3 heterocycles.